The minimum Gasteiger partial charge on any atom is -0.497 e. The van der Waals surface area contributed by atoms with E-state index in [1.54, 1.807) is 7.11 Å². The predicted molar refractivity (Wildman–Crippen MR) is 47.2 cm³/mol. The molecule has 0 atom stereocenters. The Morgan fingerprint density at radius 2 is 1.73 bits per heavy atom. The molecule has 0 saturated heterocycles. The van der Waals surface area contributed by atoms with Crippen LogP contribution in [0.2, 0.25) is 0 Å². The lowest BCUT2D eigenvalue weighted by Gasteiger charge is -2.10. The molecule has 0 aromatic heterocycles. The number of methoxy groups -OCH3 is 1. The first-order valence-corrected chi connectivity index (χ1v) is 4.76. The van der Waals surface area contributed by atoms with Gasteiger partial charge in [0.05, 0.1) is 30.6 Å². The zero-order valence-electron chi connectivity index (χ0n) is 7.64. The molecule has 0 heterocycles. The van der Waals surface area contributed by atoms with Gasteiger partial charge in [-0.3, -0.25) is 0 Å². The summed E-state index contributed by atoms with van der Waals surface area (Å²) < 4.78 is 15.4. The monoisotopic (exact) mass is 176 g/mol. The van der Waals surface area contributed by atoms with Gasteiger partial charge in [0.2, 0.25) is 0 Å². The average Bonchev–Trinajstić information content (AvgIpc) is 2.00. The van der Waals surface area contributed by atoms with Crippen LogP contribution in [0.4, 0.5) is 0 Å². The molecular formula is C7H16O3Si. The van der Waals surface area contributed by atoms with E-state index in [1.165, 1.54) is 0 Å². The van der Waals surface area contributed by atoms with Crippen molar-refractivity contribution in [2.45, 2.75) is 13.8 Å². The third-order valence-electron chi connectivity index (χ3n) is 1.11. The average molecular weight is 176 g/mol. The van der Waals surface area contributed by atoms with Crippen LogP contribution in [0.5, 0.6) is 0 Å². The van der Waals surface area contributed by atoms with Crippen LogP contribution in [0.1, 0.15) is 13.8 Å². The highest BCUT2D eigenvalue weighted by Gasteiger charge is 2.02. The van der Waals surface area contributed by atoms with Crippen LogP contribution in [0.3, 0.4) is 0 Å². The summed E-state index contributed by atoms with van der Waals surface area (Å²) in [7, 11) is 2.40. The van der Waals surface area contributed by atoms with Crippen LogP contribution in [0.15, 0.2) is 11.3 Å². The third-order valence-corrected chi connectivity index (χ3v) is 1.81. The maximum atomic E-state index is 5.24. The van der Waals surface area contributed by atoms with Crippen molar-refractivity contribution in [2.75, 3.05) is 20.3 Å². The van der Waals surface area contributed by atoms with Crippen molar-refractivity contribution in [1.29, 1.82) is 0 Å². The van der Waals surface area contributed by atoms with Gasteiger partial charge < -0.3 is 14.2 Å². The van der Waals surface area contributed by atoms with Crippen molar-refractivity contribution in [1.82, 2.24) is 0 Å². The standard InChI is InChI=1S/C7H16O3Si/c1-4-9-6(8-3)7(11)10-5-2/h4-5H2,1-3,11H3. The zero-order chi connectivity index (χ0) is 8.69. The van der Waals surface area contributed by atoms with Crippen molar-refractivity contribution in [3.05, 3.63) is 11.3 Å². The molecule has 0 saturated carbocycles. The lowest BCUT2D eigenvalue weighted by molar-refractivity contribution is 0.0485. The van der Waals surface area contributed by atoms with E-state index in [9.17, 15) is 0 Å². The van der Waals surface area contributed by atoms with E-state index < -0.39 is 0 Å². The molecule has 0 aliphatic rings. The Balaban J connectivity index is 4.02. The Morgan fingerprint density at radius 3 is 2.09 bits per heavy atom. The number of rotatable bonds is 5. The first-order chi connectivity index (χ1) is 5.26. The molecule has 0 bridgehead atoms. The zero-order valence-corrected chi connectivity index (χ0v) is 9.64. The minimum absolute atomic E-state index is 0.529. The highest BCUT2D eigenvalue weighted by atomic mass is 28.1. The fraction of sp³-hybridized carbons (Fsp3) is 0.714. The normalized spacial score (nSPS) is 12.3. The molecule has 0 unspecified atom stereocenters. The molecule has 0 rings (SSSR count). The topological polar surface area (TPSA) is 27.7 Å². The molecule has 0 N–H and O–H groups in total. The van der Waals surface area contributed by atoms with E-state index in [0.29, 0.717) is 19.2 Å². The van der Waals surface area contributed by atoms with Crippen LogP contribution < -0.4 is 0 Å². The van der Waals surface area contributed by atoms with Gasteiger partial charge in [-0.1, -0.05) is 0 Å². The molecule has 4 heteroatoms. The van der Waals surface area contributed by atoms with Crippen LogP contribution >= 0.6 is 0 Å². The molecule has 0 aliphatic heterocycles. The van der Waals surface area contributed by atoms with Gasteiger partial charge >= 0.3 is 5.95 Å². The maximum absolute atomic E-state index is 5.24. The Kier molecular flexibility index (Phi) is 5.74. The van der Waals surface area contributed by atoms with Gasteiger partial charge in [0.15, 0.2) is 0 Å². The maximum Gasteiger partial charge on any atom is 0.312 e. The number of ether oxygens (including phenoxy) is 3. The van der Waals surface area contributed by atoms with E-state index in [2.05, 4.69) is 0 Å². The Labute approximate surface area is 70.8 Å². The number of hydrogen-bond acceptors (Lipinski definition) is 3. The molecule has 0 aromatic rings. The van der Waals surface area contributed by atoms with Gasteiger partial charge in [0.1, 0.15) is 5.38 Å². The SMILES string of the molecule is CCOC([SiH3])=C(OC)OCC. The molecule has 66 valence electrons. The van der Waals surface area contributed by atoms with Crippen LogP contribution in [0.25, 0.3) is 0 Å². The highest BCUT2D eigenvalue weighted by molar-refractivity contribution is 6.20. The van der Waals surface area contributed by atoms with E-state index in [-0.39, 0.29) is 0 Å². The Hall–Kier alpha value is -0.643. The van der Waals surface area contributed by atoms with Gasteiger partial charge in [-0.25, -0.2) is 0 Å². The molecule has 0 radical (unpaired) electrons. The number of hydrogen-bond donors (Lipinski definition) is 0. The van der Waals surface area contributed by atoms with E-state index in [4.69, 9.17) is 14.2 Å². The molecule has 0 fully saturated rings. The highest BCUT2D eigenvalue weighted by Crippen LogP contribution is 2.04. The van der Waals surface area contributed by atoms with Gasteiger partial charge in [0.25, 0.3) is 0 Å². The second-order valence-electron chi connectivity index (χ2n) is 1.91. The summed E-state index contributed by atoms with van der Waals surface area (Å²) in [4.78, 5) is 0. The second-order valence-corrected chi connectivity index (χ2v) is 2.82. The van der Waals surface area contributed by atoms with Crippen LogP contribution in [0, 0.1) is 0 Å². The molecule has 0 aliphatic carbocycles. The van der Waals surface area contributed by atoms with Crippen LogP contribution in [-0.4, -0.2) is 30.6 Å². The molecule has 11 heavy (non-hydrogen) atoms. The summed E-state index contributed by atoms with van der Waals surface area (Å²) in [5.74, 6) is 0.529. The van der Waals surface area contributed by atoms with Crippen molar-refractivity contribution in [3.8, 4) is 0 Å². The first kappa shape index (κ1) is 10.4. The lowest BCUT2D eigenvalue weighted by atomic mass is 10.8. The van der Waals surface area contributed by atoms with E-state index >= 15 is 0 Å². The van der Waals surface area contributed by atoms with Gasteiger partial charge in [-0.05, 0) is 13.8 Å². The molecular weight excluding hydrogens is 160 g/mol. The smallest absolute Gasteiger partial charge is 0.312 e. The predicted octanol–water partition coefficient (Wildman–Crippen LogP) is 0.198. The van der Waals surface area contributed by atoms with Crippen molar-refractivity contribution >= 4 is 10.2 Å². The van der Waals surface area contributed by atoms with Crippen molar-refractivity contribution in [3.63, 3.8) is 0 Å². The molecule has 0 spiro atoms. The largest absolute Gasteiger partial charge is 0.497 e. The molecule has 0 aromatic carbocycles. The van der Waals surface area contributed by atoms with E-state index in [0.717, 1.165) is 15.6 Å². The lowest BCUT2D eigenvalue weighted by Crippen LogP contribution is -2.03. The second kappa shape index (κ2) is 6.09. The summed E-state index contributed by atoms with van der Waals surface area (Å²) in [6, 6.07) is 0. The van der Waals surface area contributed by atoms with Crippen molar-refractivity contribution in [2.24, 2.45) is 0 Å². The summed E-state index contributed by atoms with van der Waals surface area (Å²) in [5.41, 5.74) is 0. The Morgan fingerprint density at radius 1 is 1.18 bits per heavy atom. The van der Waals surface area contributed by atoms with Crippen molar-refractivity contribution < 1.29 is 14.2 Å². The summed E-state index contributed by atoms with van der Waals surface area (Å²) in [6.45, 7) is 5.14. The summed E-state index contributed by atoms with van der Waals surface area (Å²) in [6.07, 6.45) is 0. The quantitative estimate of drug-likeness (QED) is 0.442. The molecule has 0 amide bonds. The molecule has 3 nitrogen and oxygen atoms in total. The van der Waals surface area contributed by atoms with Crippen LogP contribution in [-0.2, 0) is 14.2 Å². The fourth-order valence-electron chi connectivity index (χ4n) is 0.711. The third kappa shape index (κ3) is 3.93. The minimum atomic E-state index is 0.529. The summed E-state index contributed by atoms with van der Waals surface area (Å²) >= 11 is 0. The summed E-state index contributed by atoms with van der Waals surface area (Å²) in [5, 5.41) is 0.830. The van der Waals surface area contributed by atoms with Gasteiger partial charge in [-0.2, -0.15) is 0 Å². The van der Waals surface area contributed by atoms with E-state index in [1.807, 2.05) is 13.8 Å². The Bertz CT molecular complexity index is 134. The van der Waals surface area contributed by atoms with Gasteiger partial charge in [0, 0.05) is 0 Å². The van der Waals surface area contributed by atoms with Gasteiger partial charge in [-0.15, -0.1) is 0 Å². The fourth-order valence-corrected chi connectivity index (χ4v) is 1.35. The first-order valence-electron chi connectivity index (χ1n) is 3.76.